The summed E-state index contributed by atoms with van der Waals surface area (Å²) in [7, 11) is 0. The lowest BCUT2D eigenvalue weighted by Gasteiger charge is -2.37. The normalized spacial score (nSPS) is 23.4. The van der Waals surface area contributed by atoms with Crippen LogP contribution in [0.4, 0.5) is 0 Å². The van der Waals surface area contributed by atoms with Gasteiger partial charge < -0.3 is 14.7 Å². The Hall–Kier alpha value is -0.650. The van der Waals surface area contributed by atoms with E-state index in [4.69, 9.17) is 9.84 Å². The molecule has 0 aliphatic carbocycles. The molecule has 0 radical (unpaired) electrons. The third-order valence-corrected chi connectivity index (χ3v) is 3.35. The number of carbonyl (C=O) groups is 1. The molecule has 5 heteroatoms. The summed E-state index contributed by atoms with van der Waals surface area (Å²) in [6.45, 7) is 9.38. The van der Waals surface area contributed by atoms with Crippen molar-refractivity contribution in [1.82, 2.24) is 9.80 Å². The van der Waals surface area contributed by atoms with Crippen LogP contribution in [0.1, 0.15) is 20.8 Å². The summed E-state index contributed by atoms with van der Waals surface area (Å²) >= 11 is 0. The number of nitrogens with zero attached hydrogens (tertiary/aromatic N) is 2. The van der Waals surface area contributed by atoms with Crippen molar-refractivity contribution >= 4 is 5.91 Å². The van der Waals surface area contributed by atoms with E-state index in [0.717, 1.165) is 19.6 Å². The van der Waals surface area contributed by atoms with Crippen LogP contribution in [0.2, 0.25) is 0 Å². The molecule has 1 aliphatic rings. The van der Waals surface area contributed by atoms with Gasteiger partial charge in [-0.2, -0.15) is 0 Å². The maximum Gasteiger partial charge on any atom is 0.239 e. The predicted molar refractivity (Wildman–Crippen MR) is 65.8 cm³/mol. The summed E-state index contributed by atoms with van der Waals surface area (Å²) in [5, 5.41) is 9.08. The third kappa shape index (κ3) is 3.66. The van der Waals surface area contributed by atoms with Crippen LogP contribution in [-0.2, 0) is 9.53 Å². The van der Waals surface area contributed by atoms with Gasteiger partial charge in [0.05, 0.1) is 25.4 Å². The highest BCUT2D eigenvalue weighted by atomic mass is 16.5. The third-order valence-electron chi connectivity index (χ3n) is 3.35. The van der Waals surface area contributed by atoms with Crippen molar-refractivity contribution < 1.29 is 14.6 Å². The summed E-state index contributed by atoms with van der Waals surface area (Å²) in [5.41, 5.74) is 0. The largest absolute Gasteiger partial charge is 0.394 e. The molecule has 17 heavy (non-hydrogen) atoms. The Morgan fingerprint density at radius 2 is 2.18 bits per heavy atom. The van der Waals surface area contributed by atoms with Crippen molar-refractivity contribution in [2.24, 2.45) is 0 Å². The van der Waals surface area contributed by atoms with E-state index in [0.29, 0.717) is 13.2 Å². The summed E-state index contributed by atoms with van der Waals surface area (Å²) in [6.07, 6.45) is -0.157. The summed E-state index contributed by atoms with van der Waals surface area (Å²) < 4.78 is 5.38. The fourth-order valence-electron chi connectivity index (χ4n) is 2.16. The van der Waals surface area contributed by atoms with Gasteiger partial charge in [-0.25, -0.2) is 0 Å². The van der Waals surface area contributed by atoms with Crippen molar-refractivity contribution in [2.75, 3.05) is 39.4 Å². The maximum absolute atomic E-state index is 12.2. The molecule has 0 aromatic rings. The molecule has 1 aliphatic heterocycles. The molecule has 0 aromatic heterocycles. The standard InChI is InChI=1S/C12H24N2O3/c1-4-13(5-2)12(16)10(3)14-6-7-17-11(8-14)9-15/h10-11,15H,4-9H2,1-3H3. The molecule has 0 aromatic carbocycles. The van der Waals surface area contributed by atoms with Crippen molar-refractivity contribution in [3.8, 4) is 0 Å². The van der Waals surface area contributed by atoms with Crippen molar-refractivity contribution in [1.29, 1.82) is 0 Å². The van der Waals surface area contributed by atoms with Gasteiger partial charge in [0.15, 0.2) is 0 Å². The number of aliphatic hydroxyl groups excluding tert-OH is 1. The Balaban J connectivity index is 2.56. The molecule has 5 nitrogen and oxygen atoms in total. The Kier molecular flexibility index (Phi) is 5.88. The topological polar surface area (TPSA) is 53.0 Å². The molecule has 0 spiro atoms. The SMILES string of the molecule is CCN(CC)C(=O)C(C)N1CCOC(CO)C1. The number of rotatable bonds is 5. The van der Waals surface area contributed by atoms with Gasteiger partial charge in [0.1, 0.15) is 0 Å². The number of hydrogen-bond acceptors (Lipinski definition) is 4. The minimum absolute atomic E-state index is 0.0165. The molecule has 1 N–H and O–H groups in total. The summed E-state index contributed by atoms with van der Waals surface area (Å²) in [6, 6.07) is -0.132. The van der Waals surface area contributed by atoms with Crippen molar-refractivity contribution in [3.63, 3.8) is 0 Å². The summed E-state index contributed by atoms with van der Waals surface area (Å²) in [5.74, 6) is 0.161. The van der Waals surface area contributed by atoms with E-state index in [-0.39, 0.29) is 24.7 Å². The Morgan fingerprint density at radius 1 is 1.53 bits per heavy atom. The Labute approximate surface area is 103 Å². The smallest absolute Gasteiger partial charge is 0.239 e. The Morgan fingerprint density at radius 3 is 2.71 bits per heavy atom. The Bertz CT molecular complexity index is 244. The fourth-order valence-corrected chi connectivity index (χ4v) is 2.16. The zero-order valence-corrected chi connectivity index (χ0v) is 11.1. The second kappa shape index (κ2) is 6.93. The van der Waals surface area contributed by atoms with E-state index in [2.05, 4.69) is 4.90 Å². The summed E-state index contributed by atoms with van der Waals surface area (Å²) in [4.78, 5) is 16.1. The first-order valence-electron chi connectivity index (χ1n) is 6.39. The predicted octanol–water partition coefficient (Wildman–Crippen LogP) is -0.0636. The highest BCUT2D eigenvalue weighted by molar-refractivity contribution is 5.81. The van der Waals surface area contributed by atoms with Crippen LogP contribution in [0.3, 0.4) is 0 Å². The lowest BCUT2D eigenvalue weighted by molar-refractivity contribution is -0.140. The lowest BCUT2D eigenvalue weighted by atomic mass is 10.2. The van der Waals surface area contributed by atoms with E-state index < -0.39 is 0 Å². The van der Waals surface area contributed by atoms with Gasteiger partial charge in [-0.05, 0) is 20.8 Å². The lowest BCUT2D eigenvalue weighted by Crippen LogP contribution is -2.53. The molecule has 1 saturated heterocycles. The second-order valence-electron chi connectivity index (χ2n) is 4.36. The molecule has 1 rings (SSSR count). The quantitative estimate of drug-likeness (QED) is 0.736. The van der Waals surface area contributed by atoms with E-state index >= 15 is 0 Å². The number of aliphatic hydroxyl groups is 1. The molecule has 1 amide bonds. The van der Waals surface area contributed by atoms with Gasteiger partial charge in [-0.3, -0.25) is 9.69 Å². The molecule has 2 unspecified atom stereocenters. The van der Waals surface area contributed by atoms with Gasteiger partial charge in [0, 0.05) is 26.2 Å². The molecule has 2 atom stereocenters. The van der Waals surface area contributed by atoms with Crippen LogP contribution in [0, 0.1) is 0 Å². The van der Waals surface area contributed by atoms with E-state index in [1.165, 1.54) is 0 Å². The highest BCUT2D eigenvalue weighted by Gasteiger charge is 2.29. The first-order valence-corrected chi connectivity index (χ1v) is 6.39. The zero-order valence-electron chi connectivity index (χ0n) is 11.1. The van der Waals surface area contributed by atoms with Gasteiger partial charge >= 0.3 is 0 Å². The number of hydrogen-bond donors (Lipinski definition) is 1. The highest BCUT2D eigenvalue weighted by Crippen LogP contribution is 2.11. The van der Waals surface area contributed by atoms with E-state index in [9.17, 15) is 4.79 Å². The number of amides is 1. The van der Waals surface area contributed by atoms with Gasteiger partial charge in [-0.1, -0.05) is 0 Å². The number of likely N-dealkylation sites (N-methyl/N-ethyl adjacent to an activating group) is 1. The van der Waals surface area contributed by atoms with Crippen LogP contribution in [0.25, 0.3) is 0 Å². The van der Waals surface area contributed by atoms with Crippen LogP contribution in [-0.4, -0.2) is 72.4 Å². The van der Waals surface area contributed by atoms with E-state index in [1.807, 2.05) is 25.7 Å². The molecule has 100 valence electrons. The van der Waals surface area contributed by atoms with Crippen LogP contribution < -0.4 is 0 Å². The van der Waals surface area contributed by atoms with Crippen LogP contribution in [0.15, 0.2) is 0 Å². The molecular weight excluding hydrogens is 220 g/mol. The first-order chi connectivity index (χ1) is 8.13. The van der Waals surface area contributed by atoms with Gasteiger partial charge in [0.2, 0.25) is 5.91 Å². The van der Waals surface area contributed by atoms with Gasteiger partial charge in [-0.15, -0.1) is 0 Å². The van der Waals surface area contributed by atoms with Crippen molar-refractivity contribution in [3.05, 3.63) is 0 Å². The van der Waals surface area contributed by atoms with Gasteiger partial charge in [0.25, 0.3) is 0 Å². The number of morpholine rings is 1. The maximum atomic E-state index is 12.2. The molecule has 1 fully saturated rings. The number of ether oxygens (including phenoxy) is 1. The van der Waals surface area contributed by atoms with Crippen molar-refractivity contribution in [2.45, 2.75) is 32.9 Å². The zero-order chi connectivity index (χ0) is 12.8. The molecular formula is C12H24N2O3. The monoisotopic (exact) mass is 244 g/mol. The minimum atomic E-state index is -0.157. The van der Waals surface area contributed by atoms with Crippen LogP contribution in [0.5, 0.6) is 0 Å². The average Bonchev–Trinajstić information content (AvgIpc) is 2.39. The van der Waals surface area contributed by atoms with E-state index in [1.54, 1.807) is 0 Å². The minimum Gasteiger partial charge on any atom is -0.394 e. The molecule has 0 saturated carbocycles. The first kappa shape index (κ1) is 14.4. The number of carbonyl (C=O) groups excluding carboxylic acids is 1. The second-order valence-corrected chi connectivity index (χ2v) is 4.36. The molecule has 1 heterocycles. The molecule has 0 bridgehead atoms. The average molecular weight is 244 g/mol. The van der Waals surface area contributed by atoms with Crippen LogP contribution >= 0.6 is 0 Å². The fraction of sp³-hybridized carbons (Fsp3) is 0.917.